The molecule has 2 aromatic rings. The van der Waals surface area contributed by atoms with Gasteiger partial charge in [-0.05, 0) is 38.0 Å². The van der Waals surface area contributed by atoms with Crippen molar-refractivity contribution in [1.29, 1.82) is 0 Å². The zero-order chi connectivity index (χ0) is 24.1. The van der Waals surface area contributed by atoms with Gasteiger partial charge in [-0.3, -0.25) is 9.59 Å². The minimum atomic E-state index is -3.94. The fraction of sp³-hybridized carbons (Fsp3) is 0.417. The number of amides is 2. The zero-order valence-corrected chi connectivity index (χ0v) is 20.1. The van der Waals surface area contributed by atoms with Crippen molar-refractivity contribution in [3.63, 3.8) is 0 Å². The molecule has 8 nitrogen and oxygen atoms in total. The highest BCUT2D eigenvalue weighted by atomic mass is 32.2. The average Bonchev–Trinajstić information content (AvgIpc) is 2.80. The summed E-state index contributed by atoms with van der Waals surface area (Å²) in [7, 11) is -2.37. The van der Waals surface area contributed by atoms with Crippen LogP contribution in [0.5, 0.6) is 0 Å². The number of methoxy groups -OCH3 is 1. The Bertz CT molecular complexity index is 1070. The van der Waals surface area contributed by atoms with E-state index in [1.807, 2.05) is 31.2 Å². The number of rotatable bonds is 9. The SMILES string of the molecule is COCCCN1C(=O)CN(S(=O)(=O)c2ccccc2)C[C@@]1(C)C(=O)NCc1ccc(C)cc1. The monoisotopic (exact) mass is 473 g/mol. The van der Waals surface area contributed by atoms with Crippen molar-refractivity contribution in [3.8, 4) is 0 Å². The summed E-state index contributed by atoms with van der Waals surface area (Å²) in [6.07, 6.45) is 0.536. The number of hydrogen-bond donors (Lipinski definition) is 1. The summed E-state index contributed by atoms with van der Waals surface area (Å²) < 4.78 is 32.7. The molecule has 33 heavy (non-hydrogen) atoms. The van der Waals surface area contributed by atoms with Gasteiger partial charge in [-0.1, -0.05) is 48.0 Å². The normalized spacial score (nSPS) is 19.5. The number of aryl methyl sites for hydroxylation is 1. The number of carbonyl (C=O) groups is 2. The second kappa shape index (κ2) is 10.5. The summed E-state index contributed by atoms with van der Waals surface area (Å²) in [4.78, 5) is 28.1. The third-order valence-electron chi connectivity index (χ3n) is 5.87. The second-order valence-corrected chi connectivity index (χ2v) is 10.4. The van der Waals surface area contributed by atoms with E-state index in [0.717, 1.165) is 15.4 Å². The molecule has 0 spiro atoms. The minimum absolute atomic E-state index is 0.0908. The van der Waals surface area contributed by atoms with Crippen LogP contribution in [-0.4, -0.2) is 68.3 Å². The van der Waals surface area contributed by atoms with Gasteiger partial charge in [0, 0.05) is 33.4 Å². The fourth-order valence-corrected chi connectivity index (χ4v) is 5.42. The van der Waals surface area contributed by atoms with E-state index >= 15 is 0 Å². The molecule has 0 unspecified atom stereocenters. The first-order valence-electron chi connectivity index (χ1n) is 10.9. The molecule has 1 N–H and O–H groups in total. The summed E-state index contributed by atoms with van der Waals surface area (Å²) in [5.74, 6) is -0.813. The molecule has 9 heteroatoms. The van der Waals surface area contributed by atoms with Gasteiger partial charge in [0.25, 0.3) is 0 Å². The molecule has 0 saturated carbocycles. The maximum absolute atomic E-state index is 13.4. The molecule has 0 radical (unpaired) electrons. The van der Waals surface area contributed by atoms with Crippen molar-refractivity contribution >= 4 is 21.8 Å². The highest BCUT2D eigenvalue weighted by Gasteiger charge is 2.50. The maximum atomic E-state index is 13.4. The van der Waals surface area contributed by atoms with Crippen molar-refractivity contribution in [2.75, 3.05) is 33.4 Å². The van der Waals surface area contributed by atoms with Crippen LogP contribution in [0.15, 0.2) is 59.5 Å². The Balaban J connectivity index is 1.86. The van der Waals surface area contributed by atoms with Crippen LogP contribution in [0.4, 0.5) is 0 Å². The van der Waals surface area contributed by atoms with Crippen LogP contribution in [0.1, 0.15) is 24.5 Å². The number of hydrogen-bond acceptors (Lipinski definition) is 5. The summed E-state index contributed by atoms with van der Waals surface area (Å²) in [5, 5.41) is 2.90. The molecule has 1 heterocycles. The molecule has 0 aliphatic carbocycles. The molecule has 1 aliphatic heterocycles. The summed E-state index contributed by atoms with van der Waals surface area (Å²) in [6.45, 7) is 4.15. The van der Waals surface area contributed by atoms with Crippen molar-refractivity contribution in [2.45, 2.75) is 37.2 Å². The van der Waals surface area contributed by atoms with Crippen molar-refractivity contribution in [3.05, 3.63) is 65.7 Å². The van der Waals surface area contributed by atoms with E-state index in [9.17, 15) is 18.0 Å². The minimum Gasteiger partial charge on any atom is -0.385 e. The third kappa shape index (κ3) is 5.61. The van der Waals surface area contributed by atoms with Gasteiger partial charge in [-0.15, -0.1) is 0 Å². The van der Waals surface area contributed by atoms with Gasteiger partial charge >= 0.3 is 0 Å². The molecule has 2 amide bonds. The highest BCUT2D eigenvalue weighted by Crippen LogP contribution is 2.28. The van der Waals surface area contributed by atoms with Gasteiger partial charge in [-0.2, -0.15) is 4.31 Å². The lowest BCUT2D eigenvalue weighted by Crippen LogP contribution is -2.69. The van der Waals surface area contributed by atoms with Gasteiger partial charge in [-0.25, -0.2) is 8.42 Å². The number of nitrogens with zero attached hydrogens (tertiary/aromatic N) is 2. The van der Waals surface area contributed by atoms with Crippen molar-refractivity contribution in [2.24, 2.45) is 0 Å². The lowest BCUT2D eigenvalue weighted by Gasteiger charge is -2.46. The van der Waals surface area contributed by atoms with E-state index in [1.54, 1.807) is 32.2 Å². The highest BCUT2D eigenvalue weighted by molar-refractivity contribution is 7.89. The summed E-state index contributed by atoms with van der Waals surface area (Å²) in [5.41, 5.74) is 0.663. The van der Waals surface area contributed by atoms with Crippen LogP contribution in [0.25, 0.3) is 0 Å². The molecule has 1 aliphatic rings. The largest absolute Gasteiger partial charge is 0.385 e. The molecule has 1 atom stereocenters. The molecular weight excluding hydrogens is 442 g/mol. The van der Waals surface area contributed by atoms with E-state index in [0.29, 0.717) is 19.6 Å². The van der Waals surface area contributed by atoms with E-state index in [-0.39, 0.29) is 24.5 Å². The van der Waals surface area contributed by atoms with E-state index in [1.165, 1.54) is 17.0 Å². The van der Waals surface area contributed by atoms with Gasteiger partial charge in [0.15, 0.2) is 0 Å². The molecule has 0 aromatic heterocycles. The Morgan fingerprint density at radius 1 is 1.12 bits per heavy atom. The van der Waals surface area contributed by atoms with E-state index in [4.69, 9.17) is 4.74 Å². The first kappa shape index (κ1) is 24.9. The smallest absolute Gasteiger partial charge is 0.247 e. The fourth-order valence-electron chi connectivity index (χ4n) is 3.92. The molecular formula is C24H31N3O5S. The molecule has 3 rings (SSSR count). The number of benzene rings is 2. The number of piperazine rings is 1. The Hall–Kier alpha value is -2.75. The first-order chi connectivity index (χ1) is 15.7. The van der Waals surface area contributed by atoms with E-state index < -0.39 is 27.4 Å². The Morgan fingerprint density at radius 2 is 1.79 bits per heavy atom. The molecule has 2 aromatic carbocycles. The number of carbonyl (C=O) groups excluding carboxylic acids is 2. The van der Waals surface area contributed by atoms with Gasteiger partial charge in [0.2, 0.25) is 21.8 Å². The van der Waals surface area contributed by atoms with E-state index in [2.05, 4.69) is 5.32 Å². The van der Waals surface area contributed by atoms with Crippen LogP contribution in [0, 0.1) is 6.92 Å². The van der Waals surface area contributed by atoms with Crippen LogP contribution in [0.3, 0.4) is 0 Å². The predicted octanol–water partition coefficient (Wildman–Crippen LogP) is 1.94. The molecule has 1 saturated heterocycles. The topological polar surface area (TPSA) is 96.0 Å². The second-order valence-electron chi connectivity index (χ2n) is 8.42. The zero-order valence-electron chi connectivity index (χ0n) is 19.3. The summed E-state index contributed by atoms with van der Waals surface area (Å²) >= 11 is 0. The third-order valence-corrected chi connectivity index (χ3v) is 7.67. The lowest BCUT2D eigenvalue weighted by molar-refractivity contribution is -0.153. The van der Waals surface area contributed by atoms with Crippen molar-refractivity contribution in [1.82, 2.24) is 14.5 Å². The molecule has 1 fully saturated rings. The lowest BCUT2D eigenvalue weighted by atomic mass is 9.95. The number of ether oxygens (including phenoxy) is 1. The molecule has 178 valence electrons. The van der Waals surface area contributed by atoms with Gasteiger partial charge < -0.3 is 15.0 Å². The van der Waals surface area contributed by atoms with Crippen molar-refractivity contribution < 1.29 is 22.7 Å². The first-order valence-corrected chi connectivity index (χ1v) is 12.3. The standard InChI is InChI=1S/C24H31N3O5S/c1-19-10-12-20(13-11-19)16-25-23(29)24(2)18-26(17-22(28)27(24)14-7-15-32-3)33(30,31)21-8-5-4-6-9-21/h4-6,8-13H,7,14-18H2,1-3H3,(H,25,29)/t24-/m0/s1. The number of sulfonamides is 1. The van der Waals surface area contributed by atoms with Crippen LogP contribution in [0.2, 0.25) is 0 Å². The van der Waals surface area contributed by atoms with Gasteiger partial charge in [0.05, 0.1) is 11.4 Å². The Morgan fingerprint density at radius 3 is 2.42 bits per heavy atom. The van der Waals surface area contributed by atoms with Crippen LogP contribution < -0.4 is 5.32 Å². The number of nitrogens with one attached hydrogen (secondary N) is 1. The quantitative estimate of drug-likeness (QED) is 0.562. The van der Waals surface area contributed by atoms with Crippen LogP contribution >= 0.6 is 0 Å². The Kier molecular flexibility index (Phi) is 7.88. The predicted molar refractivity (Wildman–Crippen MR) is 125 cm³/mol. The average molecular weight is 474 g/mol. The van der Waals surface area contributed by atoms with Crippen LogP contribution in [-0.2, 0) is 30.9 Å². The van der Waals surface area contributed by atoms with Gasteiger partial charge in [0.1, 0.15) is 5.54 Å². The Labute approximate surface area is 195 Å². The molecule has 0 bridgehead atoms. The maximum Gasteiger partial charge on any atom is 0.247 e. The summed E-state index contributed by atoms with van der Waals surface area (Å²) in [6, 6.07) is 15.7.